The molecule has 6 rings (SSSR count). The number of pyridine rings is 1. The van der Waals surface area contributed by atoms with Gasteiger partial charge in [-0.05, 0) is 46.8 Å². The zero-order valence-electron chi connectivity index (χ0n) is 17.4. The molecule has 6 heteroatoms. The summed E-state index contributed by atoms with van der Waals surface area (Å²) in [6.07, 6.45) is 3.80. The van der Waals surface area contributed by atoms with E-state index in [1.54, 1.807) is 11.3 Å². The fourth-order valence-corrected chi connectivity index (χ4v) is 5.02. The third-order valence-corrected chi connectivity index (χ3v) is 6.81. The standard InChI is InChI=1S/C27H17F2N3S/c28-21-6-3-5-20(26(21)29)27-30-22-12-13-32(16-23(22)31-27)15-17-8-10-18(11-9-17)25-14-19-4-1-2-7-24(19)33-25/h1-14,16H,15H2. The Bertz CT molecular complexity index is 1530. The van der Waals surface area contributed by atoms with Crippen LogP contribution in [0.4, 0.5) is 8.78 Å². The van der Waals surface area contributed by atoms with Crippen molar-refractivity contribution in [1.29, 1.82) is 0 Å². The van der Waals surface area contributed by atoms with Gasteiger partial charge < -0.3 is 4.57 Å². The first-order chi connectivity index (χ1) is 16.1. The summed E-state index contributed by atoms with van der Waals surface area (Å²) in [5.41, 5.74) is 3.70. The summed E-state index contributed by atoms with van der Waals surface area (Å²) in [5, 5.41) is 1.26. The number of aromatic nitrogens is 3. The van der Waals surface area contributed by atoms with Gasteiger partial charge in [0.15, 0.2) is 17.5 Å². The van der Waals surface area contributed by atoms with E-state index in [0.717, 1.165) is 11.6 Å². The highest BCUT2D eigenvalue weighted by Crippen LogP contribution is 2.33. The highest BCUT2D eigenvalue weighted by Gasteiger charge is 2.17. The molecule has 0 N–H and O–H groups in total. The molecule has 3 aromatic carbocycles. The van der Waals surface area contributed by atoms with Crippen LogP contribution in [0.2, 0.25) is 0 Å². The molecule has 0 bridgehead atoms. The molecule has 3 heterocycles. The third kappa shape index (κ3) is 3.68. The second kappa shape index (κ2) is 7.90. The molecule has 0 fully saturated rings. The zero-order valence-corrected chi connectivity index (χ0v) is 18.2. The van der Waals surface area contributed by atoms with Crippen molar-refractivity contribution in [2.45, 2.75) is 6.54 Å². The molecule has 33 heavy (non-hydrogen) atoms. The van der Waals surface area contributed by atoms with Crippen molar-refractivity contribution in [2.24, 2.45) is 0 Å². The second-order valence-corrected chi connectivity index (χ2v) is 8.97. The molecule has 0 saturated heterocycles. The van der Waals surface area contributed by atoms with Crippen molar-refractivity contribution < 1.29 is 8.78 Å². The molecular weight excluding hydrogens is 436 g/mol. The maximum Gasteiger partial charge on any atom is 0.169 e. The van der Waals surface area contributed by atoms with Crippen molar-refractivity contribution in [3.05, 3.63) is 108 Å². The molecule has 0 aliphatic carbocycles. The van der Waals surface area contributed by atoms with Gasteiger partial charge in [-0.1, -0.05) is 48.5 Å². The van der Waals surface area contributed by atoms with Crippen LogP contribution in [0.5, 0.6) is 0 Å². The van der Waals surface area contributed by atoms with Gasteiger partial charge in [-0.15, -0.1) is 11.3 Å². The summed E-state index contributed by atoms with van der Waals surface area (Å²) in [6, 6.07) is 25.0. The number of halogens is 2. The maximum absolute atomic E-state index is 14.1. The quantitative estimate of drug-likeness (QED) is 0.281. The fraction of sp³-hybridized carbons (Fsp3) is 0.0370. The van der Waals surface area contributed by atoms with Crippen LogP contribution in [0.1, 0.15) is 5.56 Å². The minimum Gasteiger partial charge on any atom is -0.348 e. The molecule has 0 unspecified atom stereocenters. The van der Waals surface area contributed by atoms with Gasteiger partial charge in [-0.25, -0.2) is 18.7 Å². The second-order valence-electron chi connectivity index (χ2n) is 7.88. The lowest BCUT2D eigenvalue weighted by Gasteiger charge is -2.08. The van der Waals surface area contributed by atoms with Gasteiger partial charge >= 0.3 is 0 Å². The van der Waals surface area contributed by atoms with E-state index in [9.17, 15) is 8.78 Å². The normalized spacial score (nSPS) is 11.5. The minimum absolute atomic E-state index is 0.0644. The summed E-state index contributed by atoms with van der Waals surface area (Å²) in [4.78, 5) is 10.0. The van der Waals surface area contributed by atoms with Crippen molar-refractivity contribution >= 4 is 21.4 Å². The number of hydrogen-bond acceptors (Lipinski definition) is 3. The number of rotatable bonds is 4. The Morgan fingerprint density at radius 1 is 0.818 bits per heavy atom. The van der Waals surface area contributed by atoms with Crippen LogP contribution in [0.25, 0.3) is 43.3 Å². The Kier molecular flexibility index (Phi) is 4.73. The number of nitrogens with zero attached hydrogens (tertiary/aromatic N) is 3. The Morgan fingerprint density at radius 3 is 2.48 bits per heavy atom. The van der Waals surface area contributed by atoms with Crippen LogP contribution < -0.4 is 0 Å². The topological polar surface area (TPSA) is 30.7 Å². The van der Waals surface area contributed by atoms with Gasteiger partial charge in [0, 0.05) is 28.5 Å². The summed E-state index contributed by atoms with van der Waals surface area (Å²) >= 11 is 1.79. The predicted molar refractivity (Wildman–Crippen MR) is 128 cm³/mol. The first-order valence-electron chi connectivity index (χ1n) is 10.5. The van der Waals surface area contributed by atoms with E-state index in [0.29, 0.717) is 17.9 Å². The van der Waals surface area contributed by atoms with E-state index >= 15 is 0 Å². The average molecular weight is 454 g/mol. The van der Waals surface area contributed by atoms with Crippen LogP contribution in [-0.2, 0) is 6.54 Å². The Hall–Kier alpha value is -3.90. The molecule has 1 aromatic heterocycles. The van der Waals surface area contributed by atoms with Gasteiger partial charge in [0.05, 0.1) is 11.3 Å². The van der Waals surface area contributed by atoms with E-state index in [2.05, 4.69) is 64.6 Å². The predicted octanol–water partition coefficient (Wildman–Crippen LogP) is 7.26. The van der Waals surface area contributed by atoms with E-state index in [1.807, 2.05) is 23.0 Å². The molecule has 0 amide bonds. The summed E-state index contributed by atoms with van der Waals surface area (Å²) in [7, 11) is 0. The van der Waals surface area contributed by atoms with Crippen molar-refractivity contribution in [2.75, 3.05) is 0 Å². The van der Waals surface area contributed by atoms with Gasteiger partial charge in [0.1, 0.15) is 5.69 Å². The Morgan fingerprint density at radius 2 is 1.64 bits per heavy atom. The summed E-state index contributed by atoms with van der Waals surface area (Å²) in [5.74, 6) is -1.65. The van der Waals surface area contributed by atoms with E-state index in [-0.39, 0.29) is 11.4 Å². The molecule has 0 radical (unpaired) electrons. The summed E-state index contributed by atoms with van der Waals surface area (Å²) < 4.78 is 31.0. The molecule has 3 nitrogen and oxygen atoms in total. The van der Waals surface area contributed by atoms with Gasteiger partial charge in [-0.2, -0.15) is 0 Å². The molecule has 0 atom stereocenters. The lowest BCUT2D eigenvalue weighted by atomic mass is 10.1. The molecule has 0 spiro atoms. The summed E-state index contributed by atoms with van der Waals surface area (Å²) in [6.45, 7) is 0.666. The lowest BCUT2D eigenvalue weighted by Crippen LogP contribution is -2.00. The Labute approximate surface area is 193 Å². The molecule has 4 aromatic rings. The highest BCUT2D eigenvalue weighted by molar-refractivity contribution is 7.22. The average Bonchev–Trinajstić information content (AvgIpc) is 3.45. The Balaban J connectivity index is 1.25. The highest BCUT2D eigenvalue weighted by atomic mass is 32.1. The number of benzene rings is 3. The lowest BCUT2D eigenvalue weighted by molar-refractivity contribution is 0.510. The van der Waals surface area contributed by atoms with E-state index < -0.39 is 11.6 Å². The number of fused-ring (bicyclic) bond motifs is 2. The van der Waals surface area contributed by atoms with Crippen molar-refractivity contribution in [3.63, 3.8) is 0 Å². The number of thiophene rings is 1. The molecule has 160 valence electrons. The molecular formula is C27H17F2N3S. The maximum atomic E-state index is 14.1. The van der Waals surface area contributed by atoms with E-state index in [4.69, 9.17) is 0 Å². The van der Waals surface area contributed by atoms with Crippen LogP contribution in [0.3, 0.4) is 0 Å². The van der Waals surface area contributed by atoms with Crippen LogP contribution >= 0.6 is 11.3 Å². The minimum atomic E-state index is -0.931. The largest absolute Gasteiger partial charge is 0.348 e. The first kappa shape index (κ1) is 19.8. The van der Waals surface area contributed by atoms with Crippen molar-refractivity contribution in [3.8, 4) is 33.2 Å². The van der Waals surface area contributed by atoms with Gasteiger partial charge in [0.25, 0.3) is 0 Å². The molecule has 2 aliphatic heterocycles. The monoisotopic (exact) mass is 453 g/mol. The van der Waals surface area contributed by atoms with E-state index in [1.165, 1.54) is 32.7 Å². The van der Waals surface area contributed by atoms with Crippen LogP contribution in [-0.4, -0.2) is 14.5 Å². The fourth-order valence-electron chi connectivity index (χ4n) is 3.96. The van der Waals surface area contributed by atoms with Crippen molar-refractivity contribution in [1.82, 2.24) is 14.5 Å². The molecule has 0 saturated carbocycles. The number of imidazole rings is 1. The van der Waals surface area contributed by atoms with Gasteiger partial charge in [0.2, 0.25) is 0 Å². The zero-order chi connectivity index (χ0) is 22.4. The third-order valence-electron chi connectivity index (χ3n) is 5.65. The first-order valence-corrected chi connectivity index (χ1v) is 11.3. The van der Waals surface area contributed by atoms with Gasteiger partial charge in [-0.3, -0.25) is 0 Å². The number of hydrogen-bond donors (Lipinski definition) is 0. The van der Waals surface area contributed by atoms with Crippen LogP contribution in [0, 0.1) is 11.6 Å². The van der Waals surface area contributed by atoms with Crippen LogP contribution in [0.15, 0.2) is 91.3 Å². The smallest absolute Gasteiger partial charge is 0.169 e. The SMILES string of the molecule is Fc1cccc(-c2nc3ccn(Cc4ccc(-c5cc6ccccc6s5)cc4)cc-3n2)c1F. The molecule has 2 aliphatic rings.